The molecule has 1 fully saturated rings. The molecule has 9 heteroatoms. The van der Waals surface area contributed by atoms with Crippen LogP contribution in [0.2, 0.25) is 0 Å². The fraction of sp³-hybridized carbons (Fsp3) is 0.500. The van der Waals surface area contributed by atoms with Crippen LogP contribution in [0.4, 0.5) is 16.0 Å². The summed E-state index contributed by atoms with van der Waals surface area (Å²) in [5.41, 5.74) is 6.52. The minimum Gasteiger partial charge on any atom is -0.466 e. The maximum absolute atomic E-state index is 13.6. The van der Waals surface area contributed by atoms with Crippen LogP contribution < -0.4 is 11.1 Å². The van der Waals surface area contributed by atoms with Gasteiger partial charge >= 0.3 is 5.97 Å². The molecule has 2 aromatic heterocycles. The van der Waals surface area contributed by atoms with Crippen LogP contribution in [0.5, 0.6) is 0 Å². The van der Waals surface area contributed by atoms with Gasteiger partial charge in [-0.2, -0.15) is 0 Å². The summed E-state index contributed by atoms with van der Waals surface area (Å²) in [6.45, 7) is 6.15. The fourth-order valence-corrected chi connectivity index (χ4v) is 4.03. The molecule has 0 amide bonds. The van der Waals surface area contributed by atoms with Gasteiger partial charge in [0.15, 0.2) is 5.82 Å². The third-order valence-electron chi connectivity index (χ3n) is 5.92. The lowest BCUT2D eigenvalue weighted by atomic mass is 9.79. The molecule has 2 heterocycles. The van der Waals surface area contributed by atoms with E-state index >= 15 is 0 Å². The topological polar surface area (TPSA) is 127 Å². The Morgan fingerprint density at radius 2 is 2.06 bits per heavy atom. The quantitative estimate of drug-likeness (QED) is 0.433. The van der Waals surface area contributed by atoms with Crippen LogP contribution in [-0.2, 0) is 9.53 Å². The highest BCUT2D eigenvalue weighted by Crippen LogP contribution is 2.43. The van der Waals surface area contributed by atoms with Gasteiger partial charge in [-0.1, -0.05) is 19.8 Å². The minimum absolute atomic E-state index is 0.0312. The van der Waals surface area contributed by atoms with Gasteiger partial charge in [0.25, 0.3) is 0 Å². The van der Waals surface area contributed by atoms with Crippen LogP contribution in [0, 0.1) is 23.6 Å². The zero-order chi connectivity index (χ0) is 22.6. The van der Waals surface area contributed by atoms with Crippen LogP contribution in [-0.4, -0.2) is 39.3 Å². The molecule has 0 saturated heterocycles. The molecule has 4 N–H and O–H groups in total. The van der Waals surface area contributed by atoms with Gasteiger partial charge in [-0.05, 0) is 38.2 Å². The first-order valence-electron chi connectivity index (χ1n) is 10.5. The van der Waals surface area contributed by atoms with E-state index in [9.17, 15) is 9.18 Å². The lowest BCUT2D eigenvalue weighted by molar-refractivity contribution is -0.144. The SMILES string of the molecule is CCOC(=O)CC(Nc1nc(C(=N)c2cc(F)cnc2N)ncc1C)C1(C)CCCC1. The Morgan fingerprint density at radius 1 is 1.35 bits per heavy atom. The van der Waals surface area contributed by atoms with E-state index in [1.807, 2.05) is 6.92 Å². The van der Waals surface area contributed by atoms with Gasteiger partial charge in [-0.15, -0.1) is 0 Å². The zero-order valence-corrected chi connectivity index (χ0v) is 18.2. The molecule has 166 valence electrons. The highest BCUT2D eigenvalue weighted by Gasteiger charge is 2.39. The molecule has 0 radical (unpaired) electrons. The first-order valence-corrected chi connectivity index (χ1v) is 10.5. The summed E-state index contributed by atoms with van der Waals surface area (Å²) < 4.78 is 18.8. The van der Waals surface area contributed by atoms with Crippen molar-refractivity contribution in [1.29, 1.82) is 5.41 Å². The maximum atomic E-state index is 13.6. The minimum atomic E-state index is -0.594. The van der Waals surface area contributed by atoms with E-state index < -0.39 is 5.82 Å². The van der Waals surface area contributed by atoms with Gasteiger partial charge in [-0.3, -0.25) is 10.2 Å². The Morgan fingerprint density at radius 3 is 2.74 bits per heavy atom. The number of carbonyl (C=O) groups is 1. The van der Waals surface area contributed by atoms with E-state index in [0.717, 1.165) is 43.5 Å². The van der Waals surface area contributed by atoms with Crippen molar-refractivity contribution in [3.8, 4) is 0 Å². The Bertz CT molecular complexity index is 974. The average Bonchev–Trinajstić information content (AvgIpc) is 3.18. The summed E-state index contributed by atoms with van der Waals surface area (Å²) in [4.78, 5) is 24.8. The largest absolute Gasteiger partial charge is 0.466 e. The molecule has 31 heavy (non-hydrogen) atoms. The molecule has 1 unspecified atom stereocenters. The van der Waals surface area contributed by atoms with Gasteiger partial charge in [0.2, 0.25) is 0 Å². The van der Waals surface area contributed by atoms with E-state index in [1.54, 1.807) is 13.1 Å². The van der Waals surface area contributed by atoms with Crippen molar-refractivity contribution < 1.29 is 13.9 Å². The number of nitrogen functional groups attached to an aromatic ring is 1. The molecular weight excluding hydrogens is 399 g/mol. The zero-order valence-electron chi connectivity index (χ0n) is 18.2. The molecule has 1 atom stereocenters. The van der Waals surface area contributed by atoms with Gasteiger partial charge in [0, 0.05) is 23.4 Å². The standard InChI is InChI=1S/C22H29FN6O2/c1-4-31-17(30)10-16(22(3)7-5-6-8-22)28-20-13(2)11-27-21(29-20)18(24)15-9-14(23)12-26-19(15)25/h9,11-12,16,24H,4-8,10H2,1-3H3,(H2,25,26)(H,27,28,29). The van der Waals surface area contributed by atoms with Crippen LogP contribution in [0.15, 0.2) is 18.5 Å². The van der Waals surface area contributed by atoms with Gasteiger partial charge in [-0.25, -0.2) is 19.3 Å². The van der Waals surface area contributed by atoms with E-state index in [1.165, 1.54) is 0 Å². The van der Waals surface area contributed by atoms with Crippen LogP contribution >= 0.6 is 0 Å². The number of nitrogens with two attached hydrogens (primary N) is 1. The second-order valence-corrected chi connectivity index (χ2v) is 8.25. The number of esters is 1. The van der Waals surface area contributed by atoms with Gasteiger partial charge in [0.05, 0.1) is 19.2 Å². The molecule has 1 aliphatic rings. The third kappa shape index (κ3) is 5.15. The summed E-state index contributed by atoms with van der Waals surface area (Å²) in [5, 5.41) is 11.8. The summed E-state index contributed by atoms with van der Waals surface area (Å²) >= 11 is 0. The van der Waals surface area contributed by atoms with Crippen molar-refractivity contribution >= 4 is 23.3 Å². The van der Waals surface area contributed by atoms with Crippen molar-refractivity contribution in [2.75, 3.05) is 17.7 Å². The first kappa shape index (κ1) is 22.6. The number of carbonyl (C=O) groups excluding carboxylic acids is 1. The highest BCUT2D eigenvalue weighted by atomic mass is 19.1. The summed E-state index contributed by atoms with van der Waals surface area (Å²) in [5.74, 6) is -0.197. The number of anilines is 2. The number of aromatic nitrogens is 3. The molecule has 2 aromatic rings. The summed E-state index contributed by atoms with van der Waals surface area (Å²) in [7, 11) is 0. The lowest BCUT2D eigenvalue weighted by Gasteiger charge is -2.35. The molecule has 1 saturated carbocycles. The molecule has 1 aliphatic carbocycles. The number of rotatable bonds is 8. The van der Waals surface area contributed by atoms with Crippen LogP contribution in [0.3, 0.4) is 0 Å². The second kappa shape index (κ2) is 9.36. The van der Waals surface area contributed by atoms with E-state index in [2.05, 4.69) is 27.2 Å². The van der Waals surface area contributed by atoms with Crippen LogP contribution in [0.25, 0.3) is 0 Å². The maximum Gasteiger partial charge on any atom is 0.307 e. The number of hydrogen-bond donors (Lipinski definition) is 3. The number of aryl methyl sites for hydroxylation is 1. The highest BCUT2D eigenvalue weighted by molar-refractivity contribution is 6.11. The summed E-state index contributed by atoms with van der Waals surface area (Å²) in [6.07, 6.45) is 7.05. The number of hydrogen-bond acceptors (Lipinski definition) is 8. The van der Waals surface area contributed by atoms with Crippen molar-refractivity contribution in [1.82, 2.24) is 15.0 Å². The number of nitrogens with one attached hydrogen (secondary N) is 2. The second-order valence-electron chi connectivity index (χ2n) is 8.25. The van der Waals surface area contributed by atoms with Crippen molar-refractivity contribution in [2.45, 2.75) is 58.9 Å². The normalized spacial score (nSPS) is 16.0. The molecule has 8 nitrogen and oxygen atoms in total. The number of nitrogens with zero attached hydrogens (tertiary/aromatic N) is 3. The molecule has 0 spiro atoms. The molecule has 0 aromatic carbocycles. The average molecular weight is 429 g/mol. The van der Waals surface area contributed by atoms with E-state index in [-0.39, 0.29) is 46.8 Å². The predicted octanol–water partition coefficient (Wildman–Crippen LogP) is 3.63. The Hall–Kier alpha value is -3.10. The summed E-state index contributed by atoms with van der Waals surface area (Å²) in [6, 6.07) is 0.968. The lowest BCUT2D eigenvalue weighted by Crippen LogP contribution is -2.39. The molecule has 0 aliphatic heterocycles. The van der Waals surface area contributed by atoms with Gasteiger partial charge < -0.3 is 15.8 Å². The Kier molecular flexibility index (Phi) is 6.82. The van der Waals surface area contributed by atoms with Crippen molar-refractivity contribution in [3.63, 3.8) is 0 Å². The van der Waals surface area contributed by atoms with Crippen molar-refractivity contribution in [3.05, 3.63) is 41.2 Å². The van der Waals surface area contributed by atoms with Crippen molar-refractivity contribution in [2.24, 2.45) is 5.41 Å². The van der Waals surface area contributed by atoms with Crippen LogP contribution in [0.1, 0.15) is 62.9 Å². The predicted molar refractivity (Wildman–Crippen MR) is 117 cm³/mol. The fourth-order valence-electron chi connectivity index (χ4n) is 4.03. The Labute approximate surface area is 181 Å². The number of halogens is 1. The molecule has 3 rings (SSSR count). The van der Waals surface area contributed by atoms with E-state index in [4.69, 9.17) is 15.9 Å². The Balaban J connectivity index is 1.90. The number of pyridine rings is 1. The van der Waals surface area contributed by atoms with Gasteiger partial charge in [0.1, 0.15) is 23.2 Å². The third-order valence-corrected chi connectivity index (χ3v) is 5.92. The monoisotopic (exact) mass is 428 g/mol. The molecule has 0 bridgehead atoms. The van der Waals surface area contributed by atoms with E-state index in [0.29, 0.717) is 12.4 Å². The first-order chi connectivity index (χ1) is 14.7. The smallest absolute Gasteiger partial charge is 0.307 e. The molecular formula is C22H29FN6O2. The number of ether oxygens (including phenoxy) is 1.